The molecule has 1 N–H and O–H groups in total. The second kappa shape index (κ2) is 4.90. The summed E-state index contributed by atoms with van der Waals surface area (Å²) in [5, 5.41) is 5.62. The number of hydrogen-bond acceptors (Lipinski definition) is 4. The minimum atomic E-state index is 0.760. The molecule has 3 heterocycles. The van der Waals surface area contributed by atoms with Gasteiger partial charge in [-0.3, -0.25) is 9.38 Å². The predicted molar refractivity (Wildman–Crippen MR) is 83.6 cm³/mol. The minimum Gasteiger partial charge on any atom is -0.378 e. The third-order valence-corrected chi connectivity index (χ3v) is 4.44. The summed E-state index contributed by atoms with van der Waals surface area (Å²) in [4.78, 5) is 10.2. The fourth-order valence-electron chi connectivity index (χ4n) is 2.43. The quantitative estimate of drug-likeness (QED) is 0.799. The minimum absolute atomic E-state index is 0.760. The highest BCUT2D eigenvalue weighted by molar-refractivity contribution is 7.15. The van der Waals surface area contributed by atoms with Gasteiger partial charge >= 0.3 is 0 Å². The molecule has 0 fully saturated rings. The van der Waals surface area contributed by atoms with Crippen LogP contribution in [0.5, 0.6) is 0 Å². The SMILES string of the molecule is Cc1ccc(NCc2c(C)nc3scc(C)n23)c(C)n1. The van der Waals surface area contributed by atoms with Crippen molar-refractivity contribution in [3.05, 3.63) is 46.0 Å². The van der Waals surface area contributed by atoms with Crippen molar-refractivity contribution < 1.29 is 0 Å². The van der Waals surface area contributed by atoms with Gasteiger partial charge in [0.15, 0.2) is 4.96 Å². The van der Waals surface area contributed by atoms with E-state index in [0.717, 1.165) is 34.3 Å². The highest BCUT2D eigenvalue weighted by Crippen LogP contribution is 2.22. The third-order valence-electron chi connectivity index (χ3n) is 3.50. The summed E-state index contributed by atoms with van der Waals surface area (Å²) in [7, 11) is 0. The Kier molecular flexibility index (Phi) is 3.22. The molecular formula is C15H18N4S. The van der Waals surface area contributed by atoms with E-state index in [-0.39, 0.29) is 0 Å². The van der Waals surface area contributed by atoms with Crippen molar-refractivity contribution in [3.63, 3.8) is 0 Å². The smallest absolute Gasteiger partial charge is 0.194 e. The molecule has 20 heavy (non-hydrogen) atoms. The van der Waals surface area contributed by atoms with Crippen LogP contribution < -0.4 is 5.32 Å². The van der Waals surface area contributed by atoms with Crippen LogP contribution in [0, 0.1) is 27.7 Å². The molecule has 3 aromatic heterocycles. The average molecular weight is 286 g/mol. The van der Waals surface area contributed by atoms with Gasteiger partial charge in [0.05, 0.1) is 29.3 Å². The number of hydrogen-bond donors (Lipinski definition) is 1. The first-order chi connectivity index (χ1) is 9.56. The molecule has 0 spiro atoms. The lowest BCUT2D eigenvalue weighted by molar-refractivity contribution is 0.960. The number of aryl methyl sites for hydroxylation is 4. The fraction of sp³-hybridized carbons (Fsp3) is 0.333. The van der Waals surface area contributed by atoms with Crippen molar-refractivity contribution >= 4 is 22.0 Å². The number of thiazole rings is 1. The van der Waals surface area contributed by atoms with E-state index in [1.165, 1.54) is 11.4 Å². The van der Waals surface area contributed by atoms with Gasteiger partial charge in [-0.05, 0) is 39.8 Å². The molecule has 0 unspecified atom stereocenters. The van der Waals surface area contributed by atoms with Crippen molar-refractivity contribution in [1.29, 1.82) is 0 Å². The summed E-state index contributed by atoms with van der Waals surface area (Å²) in [6.45, 7) is 8.99. The zero-order valence-corrected chi connectivity index (χ0v) is 13.0. The van der Waals surface area contributed by atoms with Gasteiger partial charge in [-0.2, -0.15) is 0 Å². The molecule has 4 nitrogen and oxygen atoms in total. The Morgan fingerprint density at radius 3 is 2.65 bits per heavy atom. The molecule has 3 rings (SSSR count). The topological polar surface area (TPSA) is 42.2 Å². The van der Waals surface area contributed by atoms with Gasteiger partial charge in [0.25, 0.3) is 0 Å². The van der Waals surface area contributed by atoms with E-state index in [9.17, 15) is 0 Å². The van der Waals surface area contributed by atoms with Crippen LogP contribution in [0.3, 0.4) is 0 Å². The van der Waals surface area contributed by atoms with Crippen LogP contribution in [0.25, 0.3) is 4.96 Å². The van der Waals surface area contributed by atoms with Gasteiger partial charge < -0.3 is 5.32 Å². The number of pyridine rings is 1. The number of fused-ring (bicyclic) bond motifs is 1. The Bertz CT molecular complexity index is 770. The lowest BCUT2D eigenvalue weighted by Crippen LogP contribution is -2.06. The molecule has 3 aromatic rings. The summed E-state index contributed by atoms with van der Waals surface area (Å²) in [5.41, 5.74) is 6.71. The van der Waals surface area contributed by atoms with Crippen LogP contribution in [-0.2, 0) is 6.54 Å². The highest BCUT2D eigenvalue weighted by Gasteiger charge is 2.12. The average Bonchev–Trinajstić information content (AvgIpc) is 2.89. The van der Waals surface area contributed by atoms with E-state index in [1.807, 2.05) is 19.9 Å². The predicted octanol–water partition coefficient (Wildman–Crippen LogP) is 3.64. The largest absolute Gasteiger partial charge is 0.378 e. The third kappa shape index (κ3) is 2.18. The number of nitrogens with zero attached hydrogens (tertiary/aromatic N) is 3. The van der Waals surface area contributed by atoms with E-state index in [0.29, 0.717) is 0 Å². The number of rotatable bonds is 3. The lowest BCUT2D eigenvalue weighted by atomic mass is 10.2. The monoisotopic (exact) mass is 286 g/mol. The lowest BCUT2D eigenvalue weighted by Gasteiger charge is -2.10. The number of nitrogens with one attached hydrogen (secondary N) is 1. The van der Waals surface area contributed by atoms with Gasteiger partial charge in [0.1, 0.15) is 0 Å². The Morgan fingerprint density at radius 1 is 1.10 bits per heavy atom. The van der Waals surface area contributed by atoms with E-state index >= 15 is 0 Å². The molecule has 0 bridgehead atoms. The fourth-order valence-corrected chi connectivity index (χ4v) is 3.36. The zero-order valence-electron chi connectivity index (χ0n) is 12.2. The standard InChI is InChI=1S/C15H18N4S/c1-9-5-6-13(11(3)17-9)16-7-14-12(4)18-15-19(14)10(2)8-20-15/h5-6,8,16H,7H2,1-4H3. The van der Waals surface area contributed by atoms with Gasteiger partial charge in [-0.15, -0.1) is 11.3 Å². The first kappa shape index (κ1) is 13.1. The van der Waals surface area contributed by atoms with E-state index in [4.69, 9.17) is 0 Å². The van der Waals surface area contributed by atoms with E-state index in [2.05, 4.69) is 45.0 Å². The van der Waals surface area contributed by atoms with Gasteiger partial charge in [-0.25, -0.2) is 4.98 Å². The Hall–Kier alpha value is -1.88. The number of aromatic nitrogens is 3. The van der Waals surface area contributed by atoms with Crippen LogP contribution in [0.4, 0.5) is 5.69 Å². The van der Waals surface area contributed by atoms with Gasteiger partial charge in [0, 0.05) is 16.8 Å². The molecule has 0 amide bonds. The van der Waals surface area contributed by atoms with E-state index in [1.54, 1.807) is 11.3 Å². The number of imidazole rings is 1. The molecule has 0 aliphatic heterocycles. The van der Waals surface area contributed by atoms with Crippen LogP contribution >= 0.6 is 11.3 Å². The maximum atomic E-state index is 4.61. The van der Waals surface area contributed by atoms with Crippen LogP contribution in [0.2, 0.25) is 0 Å². The van der Waals surface area contributed by atoms with Crippen LogP contribution in [0.15, 0.2) is 17.5 Å². The maximum Gasteiger partial charge on any atom is 0.194 e. The molecule has 104 valence electrons. The van der Waals surface area contributed by atoms with Crippen molar-refractivity contribution in [3.8, 4) is 0 Å². The second-order valence-corrected chi connectivity index (χ2v) is 5.91. The summed E-state index contributed by atoms with van der Waals surface area (Å²) in [6, 6.07) is 4.12. The summed E-state index contributed by atoms with van der Waals surface area (Å²) >= 11 is 1.69. The Balaban J connectivity index is 1.90. The maximum absolute atomic E-state index is 4.61. The van der Waals surface area contributed by atoms with Crippen LogP contribution in [-0.4, -0.2) is 14.4 Å². The number of anilines is 1. The zero-order chi connectivity index (χ0) is 14.3. The molecular weight excluding hydrogens is 268 g/mol. The Labute approximate surface area is 122 Å². The molecule has 0 saturated heterocycles. The first-order valence-electron chi connectivity index (χ1n) is 6.66. The van der Waals surface area contributed by atoms with Gasteiger partial charge in [0.2, 0.25) is 0 Å². The normalized spacial score (nSPS) is 11.2. The molecule has 0 atom stereocenters. The molecule has 0 radical (unpaired) electrons. The summed E-state index contributed by atoms with van der Waals surface area (Å²) in [5.74, 6) is 0. The Morgan fingerprint density at radius 2 is 1.90 bits per heavy atom. The summed E-state index contributed by atoms with van der Waals surface area (Å²) in [6.07, 6.45) is 0. The van der Waals surface area contributed by atoms with Crippen molar-refractivity contribution in [1.82, 2.24) is 14.4 Å². The van der Waals surface area contributed by atoms with E-state index < -0.39 is 0 Å². The molecule has 0 aliphatic carbocycles. The van der Waals surface area contributed by atoms with Crippen molar-refractivity contribution in [2.75, 3.05) is 5.32 Å². The van der Waals surface area contributed by atoms with Gasteiger partial charge in [-0.1, -0.05) is 0 Å². The highest BCUT2D eigenvalue weighted by atomic mass is 32.1. The van der Waals surface area contributed by atoms with Crippen molar-refractivity contribution in [2.24, 2.45) is 0 Å². The summed E-state index contributed by atoms with van der Waals surface area (Å²) < 4.78 is 2.23. The molecule has 5 heteroatoms. The first-order valence-corrected chi connectivity index (χ1v) is 7.54. The molecule has 0 saturated carbocycles. The second-order valence-electron chi connectivity index (χ2n) is 5.08. The molecule has 0 aliphatic rings. The molecule has 0 aromatic carbocycles. The van der Waals surface area contributed by atoms with Crippen LogP contribution in [0.1, 0.15) is 28.5 Å². The van der Waals surface area contributed by atoms with Crippen molar-refractivity contribution in [2.45, 2.75) is 34.2 Å².